The highest BCUT2D eigenvalue weighted by atomic mass is 32.1. The molecular formula is C10H15F3N2OS. The first-order valence-electron chi connectivity index (χ1n) is 5.33. The first-order chi connectivity index (χ1) is 7.99. The van der Waals surface area contributed by atoms with Gasteiger partial charge < -0.3 is 10.1 Å². The Morgan fingerprint density at radius 3 is 2.59 bits per heavy atom. The Bertz CT molecular complexity index is 352. The Balaban J connectivity index is 2.87. The molecule has 0 spiro atoms. The van der Waals surface area contributed by atoms with E-state index in [-0.39, 0.29) is 18.0 Å². The smallest absolute Gasteiger partial charge is 0.375 e. The largest absolute Gasteiger partial charge is 0.434 e. The maximum atomic E-state index is 12.7. The number of thiazole rings is 1. The normalized spacial score (nSPS) is 12.1. The summed E-state index contributed by atoms with van der Waals surface area (Å²) >= 11 is 1.05. The monoisotopic (exact) mass is 268 g/mol. The summed E-state index contributed by atoms with van der Waals surface area (Å²) in [5, 5.41) is 3.24. The number of rotatable bonds is 6. The fourth-order valence-electron chi connectivity index (χ4n) is 1.23. The molecule has 0 atom stereocenters. The van der Waals surface area contributed by atoms with E-state index in [1.54, 1.807) is 6.92 Å². The van der Waals surface area contributed by atoms with Gasteiger partial charge in [-0.25, -0.2) is 4.98 Å². The highest BCUT2D eigenvalue weighted by molar-refractivity contribution is 7.11. The Labute approximate surface area is 102 Å². The van der Waals surface area contributed by atoms with Crippen molar-refractivity contribution in [2.24, 2.45) is 0 Å². The minimum Gasteiger partial charge on any atom is -0.375 e. The van der Waals surface area contributed by atoms with E-state index in [1.807, 2.05) is 6.92 Å². The molecule has 7 heteroatoms. The predicted octanol–water partition coefficient (Wildman–Crippen LogP) is 2.81. The van der Waals surface area contributed by atoms with Crippen molar-refractivity contribution in [3.63, 3.8) is 0 Å². The summed E-state index contributed by atoms with van der Waals surface area (Å²) in [6.45, 7) is 5.04. The van der Waals surface area contributed by atoms with Gasteiger partial charge in [0.25, 0.3) is 0 Å². The third-order valence-corrected chi connectivity index (χ3v) is 3.00. The second-order valence-electron chi connectivity index (χ2n) is 3.29. The van der Waals surface area contributed by atoms with Crippen LogP contribution in [0.2, 0.25) is 0 Å². The van der Waals surface area contributed by atoms with E-state index in [0.29, 0.717) is 18.2 Å². The van der Waals surface area contributed by atoms with E-state index in [1.165, 1.54) is 0 Å². The molecule has 3 nitrogen and oxygen atoms in total. The predicted molar refractivity (Wildman–Crippen MR) is 59.8 cm³/mol. The van der Waals surface area contributed by atoms with E-state index in [0.717, 1.165) is 11.3 Å². The van der Waals surface area contributed by atoms with Crippen LogP contribution in [0.5, 0.6) is 0 Å². The Morgan fingerprint density at radius 1 is 1.35 bits per heavy atom. The summed E-state index contributed by atoms with van der Waals surface area (Å²) in [6.07, 6.45) is -4.40. The maximum Gasteiger partial charge on any atom is 0.434 e. The van der Waals surface area contributed by atoms with Crippen molar-refractivity contribution in [2.75, 3.05) is 13.2 Å². The van der Waals surface area contributed by atoms with Crippen molar-refractivity contribution < 1.29 is 17.9 Å². The Kier molecular flexibility index (Phi) is 5.35. The van der Waals surface area contributed by atoms with Gasteiger partial charge in [-0.3, -0.25) is 0 Å². The average Bonchev–Trinajstić information content (AvgIpc) is 2.66. The molecule has 0 aliphatic carbocycles. The molecule has 0 aromatic carbocycles. The van der Waals surface area contributed by atoms with Crippen LogP contribution in [0.25, 0.3) is 0 Å². The topological polar surface area (TPSA) is 34.1 Å². The lowest BCUT2D eigenvalue weighted by atomic mass is 10.3. The standard InChI is InChI=1S/C10H15F3N2OS/c1-3-14-5-7-9(10(11,12)13)15-8(17-7)6-16-4-2/h14H,3-6H2,1-2H3. The molecule has 0 bridgehead atoms. The number of ether oxygens (including phenoxy) is 1. The SMILES string of the molecule is CCNCc1sc(COCC)nc1C(F)(F)F. The molecule has 0 aliphatic heterocycles. The van der Waals surface area contributed by atoms with Crippen LogP contribution in [0, 0.1) is 0 Å². The van der Waals surface area contributed by atoms with Crippen molar-refractivity contribution in [1.29, 1.82) is 0 Å². The van der Waals surface area contributed by atoms with Gasteiger partial charge in [-0.1, -0.05) is 6.92 Å². The van der Waals surface area contributed by atoms with Crippen molar-refractivity contribution >= 4 is 11.3 Å². The zero-order valence-electron chi connectivity index (χ0n) is 9.73. The fourth-order valence-corrected chi connectivity index (χ4v) is 2.23. The lowest BCUT2D eigenvalue weighted by Crippen LogP contribution is -2.15. The van der Waals surface area contributed by atoms with E-state index in [9.17, 15) is 13.2 Å². The summed E-state index contributed by atoms with van der Waals surface area (Å²) in [7, 11) is 0. The van der Waals surface area contributed by atoms with E-state index in [2.05, 4.69) is 10.3 Å². The van der Waals surface area contributed by atoms with Crippen LogP contribution in [-0.2, 0) is 24.1 Å². The second-order valence-corrected chi connectivity index (χ2v) is 4.46. The third kappa shape index (κ3) is 4.25. The minimum absolute atomic E-state index is 0.135. The first-order valence-corrected chi connectivity index (χ1v) is 6.14. The molecule has 0 saturated heterocycles. The van der Waals surface area contributed by atoms with Crippen LogP contribution in [0.4, 0.5) is 13.2 Å². The summed E-state index contributed by atoms with van der Waals surface area (Å²) in [5.74, 6) is 0. The van der Waals surface area contributed by atoms with Gasteiger partial charge in [0.1, 0.15) is 5.01 Å². The lowest BCUT2D eigenvalue weighted by molar-refractivity contribution is -0.141. The van der Waals surface area contributed by atoms with Gasteiger partial charge in [0, 0.05) is 13.2 Å². The van der Waals surface area contributed by atoms with Crippen LogP contribution < -0.4 is 5.32 Å². The van der Waals surface area contributed by atoms with Crippen molar-refractivity contribution in [3.8, 4) is 0 Å². The van der Waals surface area contributed by atoms with E-state index >= 15 is 0 Å². The van der Waals surface area contributed by atoms with Crippen molar-refractivity contribution in [1.82, 2.24) is 10.3 Å². The van der Waals surface area contributed by atoms with E-state index in [4.69, 9.17) is 4.74 Å². The number of alkyl halides is 3. The first kappa shape index (κ1) is 14.4. The summed E-state index contributed by atoms with van der Waals surface area (Å²) in [6, 6.07) is 0. The van der Waals surface area contributed by atoms with Gasteiger partial charge in [-0.2, -0.15) is 13.2 Å². The number of halogens is 3. The molecule has 1 aromatic heterocycles. The van der Waals surface area contributed by atoms with Gasteiger partial charge in [-0.15, -0.1) is 11.3 Å². The van der Waals surface area contributed by atoms with Gasteiger partial charge in [0.2, 0.25) is 0 Å². The van der Waals surface area contributed by atoms with Crippen LogP contribution >= 0.6 is 11.3 Å². The van der Waals surface area contributed by atoms with Gasteiger partial charge in [0.05, 0.1) is 11.5 Å². The summed E-state index contributed by atoms with van der Waals surface area (Å²) in [5.41, 5.74) is -0.793. The molecule has 1 aromatic rings. The van der Waals surface area contributed by atoms with Crippen LogP contribution in [0.15, 0.2) is 0 Å². The third-order valence-electron chi connectivity index (χ3n) is 1.98. The van der Waals surface area contributed by atoms with E-state index < -0.39 is 11.9 Å². The highest BCUT2D eigenvalue weighted by Gasteiger charge is 2.37. The van der Waals surface area contributed by atoms with Gasteiger partial charge in [-0.05, 0) is 13.5 Å². The molecule has 0 radical (unpaired) electrons. The second kappa shape index (κ2) is 6.32. The molecule has 0 unspecified atom stereocenters. The summed E-state index contributed by atoms with van der Waals surface area (Å²) < 4.78 is 43.1. The van der Waals surface area contributed by atoms with Crippen molar-refractivity contribution in [2.45, 2.75) is 33.2 Å². The quantitative estimate of drug-likeness (QED) is 0.861. The maximum absolute atomic E-state index is 12.7. The Hall–Kier alpha value is -0.660. The molecule has 1 N–H and O–H groups in total. The molecule has 1 heterocycles. The van der Waals surface area contributed by atoms with Gasteiger partial charge in [0.15, 0.2) is 5.69 Å². The molecule has 98 valence electrons. The molecule has 0 saturated carbocycles. The molecule has 17 heavy (non-hydrogen) atoms. The Morgan fingerprint density at radius 2 is 2.06 bits per heavy atom. The molecule has 0 aliphatic rings. The summed E-state index contributed by atoms with van der Waals surface area (Å²) in [4.78, 5) is 3.82. The number of nitrogens with zero attached hydrogens (tertiary/aromatic N) is 1. The number of hydrogen-bond acceptors (Lipinski definition) is 4. The zero-order chi connectivity index (χ0) is 12.9. The number of hydrogen-bond donors (Lipinski definition) is 1. The van der Waals surface area contributed by atoms with Crippen molar-refractivity contribution in [3.05, 3.63) is 15.6 Å². The average molecular weight is 268 g/mol. The molecular weight excluding hydrogens is 253 g/mol. The van der Waals surface area contributed by atoms with Gasteiger partial charge >= 0.3 is 6.18 Å². The lowest BCUT2D eigenvalue weighted by Gasteiger charge is -2.05. The number of aromatic nitrogens is 1. The fraction of sp³-hybridized carbons (Fsp3) is 0.700. The molecule has 1 rings (SSSR count). The minimum atomic E-state index is -4.40. The van der Waals surface area contributed by atoms with Crippen LogP contribution in [-0.4, -0.2) is 18.1 Å². The van der Waals surface area contributed by atoms with Crippen LogP contribution in [0.3, 0.4) is 0 Å². The zero-order valence-corrected chi connectivity index (χ0v) is 10.5. The number of nitrogens with one attached hydrogen (secondary N) is 1. The molecule has 0 amide bonds. The van der Waals surface area contributed by atoms with Crippen LogP contribution in [0.1, 0.15) is 29.4 Å². The molecule has 0 fully saturated rings. The highest BCUT2D eigenvalue weighted by Crippen LogP contribution is 2.34.